The van der Waals surface area contributed by atoms with Crippen LogP contribution in [0.15, 0.2) is 41.7 Å². The van der Waals surface area contributed by atoms with Crippen molar-refractivity contribution in [1.29, 1.82) is 0 Å². The maximum atomic E-state index is 6.26. The Morgan fingerprint density at radius 1 is 1.17 bits per heavy atom. The van der Waals surface area contributed by atoms with E-state index in [0.29, 0.717) is 0 Å². The third kappa shape index (κ3) is 2.61. The predicted molar refractivity (Wildman–Crippen MR) is 96.6 cm³/mol. The highest BCUT2D eigenvalue weighted by atomic mass is 35.5. The number of nitrogens with zero attached hydrogens (tertiary/aromatic N) is 5. The highest BCUT2D eigenvalue weighted by Gasteiger charge is 2.12. The van der Waals surface area contributed by atoms with Gasteiger partial charge in [0.25, 0.3) is 0 Å². The molecule has 0 fully saturated rings. The van der Waals surface area contributed by atoms with E-state index >= 15 is 0 Å². The molecule has 4 aromatic rings. The van der Waals surface area contributed by atoms with Gasteiger partial charge in [-0.2, -0.15) is 0 Å². The Morgan fingerprint density at radius 3 is 2.92 bits per heavy atom. The summed E-state index contributed by atoms with van der Waals surface area (Å²) >= 11 is 7.88. The fourth-order valence-electron chi connectivity index (χ4n) is 2.75. The van der Waals surface area contributed by atoms with Crippen LogP contribution in [0.1, 0.15) is 17.1 Å². The fraction of sp³-hybridized carbons (Fsp3) is 0.176. The lowest BCUT2D eigenvalue weighted by Gasteiger charge is -2.07. The zero-order chi connectivity index (χ0) is 16.7. The minimum absolute atomic E-state index is 0.718. The zero-order valence-corrected chi connectivity index (χ0v) is 14.8. The number of aryl methyl sites for hydroxylation is 2. The van der Waals surface area contributed by atoms with E-state index in [1.807, 2.05) is 48.6 Å². The maximum Gasteiger partial charge on any atom is 0.197 e. The van der Waals surface area contributed by atoms with Gasteiger partial charge in [-0.25, -0.2) is 4.98 Å². The van der Waals surface area contributed by atoms with E-state index in [9.17, 15) is 0 Å². The second-order valence-corrected chi connectivity index (χ2v) is 6.87. The molecule has 0 saturated heterocycles. The van der Waals surface area contributed by atoms with Crippen LogP contribution in [0.4, 0.5) is 0 Å². The van der Waals surface area contributed by atoms with Gasteiger partial charge in [0.15, 0.2) is 10.8 Å². The van der Waals surface area contributed by atoms with Crippen molar-refractivity contribution < 1.29 is 0 Å². The van der Waals surface area contributed by atoms with Crippen molar-refractivity contribution in [1.82, 2.24) is 24.6 Å². The van der Waals surface area contributed by atoms with Gasteiger partial charge in [-0.05, 0) is 37.6 Å². The molecule has 0 aliphatic carbocycles. The van der Waals surface area contributed by atoms with Crippen LogP contribution in [0.25, 0.3) is 16.6 Å². The van der Waals surface area contributed by atoms with Crippen molar-refractivity contribution >= 4 is 39.9 Å². The first kappa shape index (κ1) is 15.4. The van der Waals surface area contributed by atoms with Gasteiger partial charge in [0.2, 0.25) is 0 Å². The van der Waals surface area contributed by atoms with E-state index in [4.69, 9.17) is 11.6 Å². The topological polar surface area (TPSA) is 56.0 Å². The Kier molecular flexibility index (Phi) is 3.86. The summed E-state index contributed by atoms with van der Waals surface area (Å²) < 4.78 is 1.98. The molecule has 0 atom stereocenters. The Labute approximate surface area is 148 Å². The molecule has 0 radical (unpaired) electrons. The van der Waals surface area contributed by atoms with E-state index in [-0.39, 0.29) is 0 Å². The van der Waals surface area contributed by atoms with Crippen LogP contribution in [0.2, 0.25) is 5.02 Å². The number of pyridine rings is 1. The third-order valence-electron chi connectivity index (χ3n) is 3.81. The van der Waals surface area contributed by atoms with E-state index in [1.54, 1.807) is 18.0 Å². The first-order valence-corrected chi connectivity index (χ1v) is 8.84. The molecule has 5 nitrogen and oxygen atoms in total. The van der Waals surface area contributed by atoms with Crippen molar-refractivity contribution in [3.05, 3.63) is 58.6 Å². The molecular formula is C17H14ClN5S. The number of halogens is 1. The number of hydrogen-bond donors (Lipinski definition) is 0. The molecule has 3 heterocycles. The van der Waals surface area contributed by atoms with Crippen molar-refractivity contribution in [2.24, 2.45) is 0 Å². The van der Waals surface area contributed by atoms with Gasteiger partial charge in [-0.15, -0.1) is 10.2 Å². The maximum absolute atomic E-state index is 6.26. The SMILES string of the molecule is Cc1cc2nnc(SCc3ccc(Cl)c4cccnc34)n2c(C)n1. The standard InChI is InChI=1S/C17H14ClN5S/c1-10-8-15-21-22-17(23(15)11(2)20-10)24-9-12-5-6-14(18)13-4-3-7-19-16(12)13/h3-8H,9H2,1-2H3. The lowest BCUT2D eigenvalue weighted by atomic mass is 10.1. The largest absolute Gasteiger partial charge is 0.258 e. The summed E-state index contributed by atoms with van der Waals surface area (Å²) in [4.78, 5) is 8.97. The van der Waals surface area contributed by atoms with Crippen LogP contribution in [0, 0.1) is 13.8 Å². The molecule has 3 aromatic heterocycles. The third-order valence-corrected chi connectivity index (χ3v) is 5.12. The Balaban J connectivity index is 1.70. The molecule has 0 bridgehead atoms. The van der Waals surface area contributed by atoms with Crippen LogP contribution in [-0.4, -0.2) is 24.6 Å². The Morgan fingerprint density at radius 2 is 2.04 bits per heavy atom. The molecule has 4 rings (SSSR count). The number of rotatable bonds is 3. The van der Waals surface area contributed by atoms with E-state index in [2.05, 4.69) is 20.2 Å². The zero-order valence-electron chi connectivity index (χ0n) is 13.2. The Bertz CT molecular complexity index is 1060. The van der Waals surface area contributed by atoms with Gasteiger partial charge in [0, 0.05) is 34.1 Å². The first-order valence-electron chi connectivity index (χ1n) is 7.48. The summed E-state index contributed by atoms with van der Waals surface area (Å²) in [5, 5.41) is 11.1. The molecular weight excluding hydrogens is 342 g/mol. The molecule has 1 aromatic carbocycles. The summed E-state index contributed by atoms with van der Waals surface area (Å²) in [6, 6.07) is 9.75. The molecule has 0 unspecified atom stereocenters. The normalized spacial score (nSPS) is 11.5. The second kappa shape index (κ2) is 6.03. The molecule has 120 valence electrons. The van der Waals surface area contributed by atoms with Gasteiger partial charge in [-0.3, -0.25) is 9.38 Å². The second-order valence-electron chi connectivity index (χ2n) is 5.52. The van der Waals surface area contributed by atoms with Gasteiger partial charge in [0.1, 0.15) is 5.82 Å². The summed E-state index contributed by atoms with van der Waals surface area (Å²) in [7, 11) is 0. The summed E-state index contributed by atoms with van der Waals surface area (Å²) in [5.41, 5.74) is 3.81. The van der Waals surface area contributed by atoms with Gasteiger partial charge in [-0.1, -0.05) is 29.4 Å². The average Bonchev–Trinajstić information content (AvgIpc) is 2.98. The minimum atomic E-state index is 0.718. The smallest absolute Gasteiger partial charge is 0.197 e. The van der Waals surface area contributed by atoms with Crippen LogP contribution >= 0.6 is 23.4 Å². The van der Waals surface area contributed by atoms with Crippen molar-refractivity contribution in [3.63, 3.8) is 0 Å². The summed E-state index contributed by atoms with van der Waals surface area (Å²) in [6.07, 6.45) is 1.79. The van der Waals surface area contributed by atoms with Gasteiger partial charge >= 0.3 is 0 Å². The number of benzene rings is 1. The molecule has 0 N–H and O–H groups in total. The summed E-state index contributed by atoms with van der Waals surface area (Å²) in [6.45, 7) is 3.92. The summed E-state index contributed by atoms with van der Waals surface area (Å²) in [5.74, 6) is 1.62. The number of fused-ring (bicyclic) bond motifs is 2. The van der Waals surface area contributed by atoms with Crippen LogP contribution < -0.4 is 0 Å². The van der Waals surface area contributed by atoms with Crippen LogP contribution in [-0.2, 0) is 5.75 Å². The quantitative estimate of drug-likeness (QED) is 0.514. The number of hydrogen-bond acceptors (Lipinski definition) is 5. The Hall–Kier alpha value is -2.18. The van der Waals surface area contributed by atoms with E-state index < -0.39 is 0 Å². The number of aromatic nitrogens is 5. The fourth-order valence-corrected chi connectivity index (χ4v) is 3.94. The molecule has 0 amide bonds. The van der Waals surface area contributed by atoms with Crippen LogP contribution in [0.5, 0.6) is 0 Å². The average molecular weight is 356 g/mol. The van der Waals surface area contributed by atoms with Crippen molar-refractivity contribution in [2.45, 2.75) is 24.8 Å². The molecule has 0 aliphatic heterocycles. The van der Waals surface area contributed by atoms with Gasteiger partial charge in [0.05, 0.1) is 5.52 Å². The predicted octanol–water partition coefficient (Wildman–Crippen LogP) is 4.24. The minimum Gasteiger partial charge on any atom is -0.258 e. The van der Waals surface area contributed by atoms with E-state index in [0.717, 1.165) is 49.6 Å². The molecule has 24 heavy (non-hydrogen) atoms. The van der Waals surface area contributed by atoms with Gasteiger partial charge < -0.3 is 0 Å². The highest BCUT2D eigenvalue weighted by molar-refractivity contribution is 7.98. The van der Waals surface area contributed by atoms with Crippen LogP contribution in [0.3, 0.4) is 0 Å². The molecule has 0 saturated carbocycles. The molecule has 0 spiro atoms. The lowest BCUT2D eigenvalue weighted by molar-refractivity contribution is 0.854. The van der Waals surface area contributed by atoms with Crippen molar-refractivity contribution in [3.8, 4) is 0 Å². The lowest BCUT2D eigenvalue weighted by Crippen LogP contribution is -1.99. The highest BCUT2D eigenvalue weighted by Crippen LogP contribution is 2.29. The molecule has 0 aliphatic rings. The van der Waals surface area contributed by atoms with Crippen molar-refractivity contribution in [2.75, 3.05) is 0 Å². The monoisotopic (exact) mass is 355 g/mol. The molecule has 7 heteroatoms. The number of thioether (sulfide) groups is 1. The van der Waals surface area contributed by atoms with E-state index in [1.165, 1.54) is 0 Å². The first-order chi connectivity index (χ1) is 11.6.